The van der Waals surface area contributed by atoms with Crippen molar-refractivity contribution in [1.29, 1.82) is 0 Å². The molecule has 6 heteroatoms. The van der Waals surface area contributed by atoms with Crippen LogP contribution in [0.25, 0.3) is 0 Å². The highest BCUT2D eigenvalue weighted by Gasteiger charge is 2.70. The molecular weight excluding hydrogens is 708 g/mol. The minimum atomic E-state index is -1.09. The van der Waals surface area contributed by atoms with E-state index in [0.717, 1.165) is 57.3 Å². The number of esters is 1. The molecule has 1 heterocycles. The molecule has 0 aromatic heterocycles. The van der Waals surface area contributed by atoms with Crippen LogP contribution >= 0.6 is 0 Å². The fourth-order valence-corrected chi connectivity index (χ4v) is 15.7. The molecule has 0 radical (unpaired) electrons. The van der Waals surface area contributed by atoms with E-state index in [1.54, 1.807) is 0 Å². The summed E-state index contributed by atoms with van der Waals surface area (Å²) in [5.41, 5.74) is 4.39. The molecule has 5 fully saturated rings. The number of aliphatic hydroxyl groups is 1. The Hall–Kier alpha value is -2.28. The van der Waals surface area contributed by atoms with Crippen LogP contribution in [0.1, 0.15) is 143 Å². The van der Waals surface area contributed by atoms with Gasteiger partial charge < -0.3 is 20.5 Å². The summed E-state index contributed by atoms with van der Waals surface area (Å²) in [6.45, 7) is 22.3. The van der Waals surface area contributed by atoms with E-state index in [-0.39, 0.29) is 33.8 Å². The van der Waals surface area contributed by atoms with Crippen LogP contribution < -0.4 is 10.6 Å². The molecular formula is C51H75FN2O3. The van der Waals surface area contributed by atoms with Crippen molar-refractivity contribution in [1.82, 2.24) is 10.6 Å². The number of carbonyl (C=O) groups is 1. The number of hydrogen-bond acceptors (Lipinski definition) is 5. The van der Waals surface area contributed by atoms with Gasteiger partial charge in [-0.2, -0.15) is 0 Å². The number of nitrogens with one attached hydrogen (secondary N) is 2. The summed E-state index contributed by atoms with van der Waals surface area (Å²) in [7, 11) is 0. The first-order valence-electron chi connectivity index (χ1n) is 23.1. The minimum Gasteiger partial charge on any atom is -0.460 e. The molecule has 0 bridgehead atoms. The average molecular weight is 783 g/mol. The topological polar surface area (TPSA) is 70.6 Å². The second kappa shape index (κ2) is 15.0. The van der Waals surface area contributed by atoms with Crippen LogP contribution in [0.2, 0.25) is 0 Å². The number of alkyl halides is 1. The third-order valence-electron chi connectivity index (χ3n) is 19.1. The molecule has 4 saturated carbocycles. The number of piperidine rings is 1. The molecule has 0 unspecified atom stereocenters. The molecule has 7 aliphatic rings. The first-order valence-corrected chi connectivity index (χ1v) is 23.1. The molecule has 1 aliphatic heterocycles. The van der Waals surface area contributed by atoms with E-state index < -0.39 is 23.7 Å². The molecule has 0 amide bonds. The van der Waals surface area contributed by atoms with E-state index >= 15 is 0 Å². The molecule has 1 aromatic rings. The normalized spacial score (nSPS) is 42.0. The number of carbonyl (C=O) groups excluding carboxylic acids is 1. The summed E-state index contributed by atoms with van der Waals surface area (Å²) in [5, 5.41) is 19.1. The van der Waals surface area contributed by atoms with Crippen molar-refractivity contribution in [2.24, 2.45) is 56.7 Å². The smallest absolute Gasteiger partial charge is 0.315 e. The third-order valence-corrected chi connectivity index (χ3v) is 19.1. The van der Waals surface area contributed by atoms with Gasteiger partial charge in [0, 0.05) is 5.54 Å². The van der Waals surface area contributed by atoms with Crippen molar-refractivity contribution in [2.45, 2.75) is 156 Å². The highest BCUT2D eigenvalue weighted by atomic mass is 19.1. The second-order valence-corrected chi connectivity index (χ2v) is 21.9. The Bertz CT molecular complexity index is 1750. The largest absolute Gasteiger partial charge is 0.460 e. The lowest BCUT2D eigenvalue weighted by molar-refractivity contribution is -0.221. The van der Waals surface area contributed by atoms with Crippen LogP contribution in [0.5, 0.6) is 0 Å². The summed E-state index contributed by atoms with van der Waals surface area (Å²) in [6, 6.07) is 9.70. The zero-order valence-electron chi connectivity index (χ0n) is 36.4. The van der Waals surface area contributed by atoms with Crippen LogP contribution in [0, 0.1) is 56.7 Å². The Labute approximate surface area is 344 Å². The van der Waals surface area contributed by atoms with Gasteiger partial charge in [0.2, 0.25) is 0 Å². The summed E-state index contributed by atoms with van der Waals surface area (Å²) in [4.78, 5) is 13.4. The number of rotatable bonds is 10. The Morgan fingerprint density at radius 2 is 1.65 bits per heavy atom. The van der Waals surface area contributed by atoms with Crippen LogP contribution in [0.4, 0.5) is 4.39 Å². The molecule has 5 nitrogen and oxygen atoms in total. The van der Waals surface area contributed by atoms with Crippen molar-refractivity contribution in [3.8, 4) is 0 Å². The monoisotopic (exact) mass is 783 g/mol. The van der Waals surface area contributed by atoms with Gasteiger partial charge in [-0.3, -0.25) is 4.79 Å². The summed E-state index contributed by atoms with van der Waals surface area (Å²) < 4.78 is 20.5. The van der Waals surface area contributed by atoms with E-state index in [9.17, 15) is 14.3 Å². The standard InChI is InChI=1S/C51H75FN2O3/c1-35(2)38-17-24-51(54-32-29-50(56)27-30-53-31-28-50)26-25-47(6)40(43(38)51)13-14-42-46(5)20-18-39(45(3,4)41(46)19-21-48(42,47)7)37-15-22-49(34-52,23-16-37)44(55)57-33-36-11-9-8-10-12-36/h8-12,15,18,38,40-43,53-54,56H,1,13-14,16-17,19-34H2,2-7H3/t38-,40+,41-,42+,43+,46-,47+,48+,49-,51-/m0/s1. The van der Waals surface area contributed by atoms with E-state index in [1.165, 1.54) is 68.1 Å². The lowest BCUT2D eigenvalue weighted by Gasteiger charge is -2.72. The highest BCUT2D eigenvalue weighted by Crippen LogP contribution is 2.76. The average Bonchev–Trinajstić information content (AvgIpc) is 3.58. The molecule has 6 aliphatic carbocycles. The van der Waals surface area contributed by atoms with Crippen molar-refractivity contribution < 1.29 is 19.0 Å². The Morgan fingerprint density at radius 3 is 2.33 bits per heavy atom. The third kappa shape index (κ3) is 6.68. The Balaban J connectivity index is 1.01. The number of benzene rings is 1. The van der Waals surface area contributed by atoms with Crippen LogP contribution in [-0.4, -0.2) is 48.5 Å². The molecule has 57 heavy (non-hydrogen) atoms. The second-order valence-electron chi connectivity index (χ2n) is 21.9. The van der Waals surface area contributed by atoms with E-state index in [0.29, 0.717) is 42.4 Å². The minimum absolute atomic E-state index is 0.00204. The maximum absolute atomic E-state index is 14.8. The molecule has 314 valence electrons. The van der Waals surface area contributed by atoms with Crippen molar-refractivity contribution in [2.75, 3.05) is 26.3 Å². The maximum atomic E-state index is 14.8. The lowest BCUT2D eigenvalue weighted by atomic mass is 9.33. The van der Waals surface area contributed by atoms with Crippen LogP contribution in [0.15, 0.2) is 65.8 Å². The van der Waals surface area contributed by atoms with Gasteiger partial charge in [-0.15, -0.1) is 0 Å². The fraction of sp³-hybridized carbons (Fsp3) is 0.745. The molecule has 8 rings (SSSR count). The van der Waals surface area contributed by atoms with Crippen LogP contribution in [0.3, 0.4) is 0 Å². The molecule has 1 saturated heterocycles. The zero-order valence-corrected chi connectivity index (χ0v) is 36.4. The summed E-state index contributed by atoms with van der Waals surface area (Å²) in [5.74, 6) is 2.70. The van der Waals surface area contributed by atoms with E-state index in [4.69, 9.17) is 4.74 Å². The quantitative estimate of drug-likeness (QED) is 0.163. The van der Waals surface area contributed by atoms with Gasteiger partial charge in [-0.05, 0) is 191 Å². The maximum Gasteiger partial charge on any atom is 0.315 e. The number of allylic oxidation sites excluding steroid dienone is 5. The fourth-order valence-electron chi connectivity index (χ4n) is 15.7. The first kappa shape index (κ1) is 41.5. The van der Waals surface area contributed by atoms with Gasteiger partial charge in [-0.25, -0.2) is 4.39 Å². The van der Waals surface area contributed by atoms with Crippen molar-refractivity contribution in [3.63, 3.8) is 0 Å². The van der Waals surface area contributed by atoms with Gasteiger partial charge in [-0.1, -0.05) is 89.3 Å². The molecule has 0 spiro atoms. The summed E-state index contributed by atoms with van der Waals surface area (Å²) in [6.07, 6.45) is 20.2. The zero-order chi connectivity index (χ0) is 40.5. The number of ether oxygens (including phenoxy) is 1. The van der Waals surface area contributed by atoms with E-state index in [2.05, 4.69) is 70.9 Å². The van der Waals surface area contributed by atoms with Crippen molar-refractivity contribution in [3.05, 3.63) is 71.3 Å². The van der Waals surface area contributed by atoms with Gasteiger partial charge in [0.1, 0.15) is 13.3 Å². The predicted molar refractivity (Wildman–Crippen MR) is 229 cm³/mol. The molecule has 3 N–H and O–H groups in total. The predicted octanol–water partition coefficient (Wildman–Crippen LogP) is 10.8. The summed E-state index contributed by atoms with van der Waals surface area (Å²) >= 11 is 0. The Kier molecular flexibility index (Phi) is 10.9. The molecule has 1 aromatic carbocycles. The first-order chi connectivity index (χ1) is 27.1. The Morgan fingerprint density at radius 1 is 0.895 bits per heavy atom. The van der Waals surface area contributed by atoms with Gasteiger partial charge in [0.25, 0.3) is 0 Å². The number of halogens is 1. The SMILES string of the molecule is C=C(C)[C@@H]1CC[C@]2(NCCC3(O)CCNCC3)CC[C@]3(C)[C@H](CC[C@@H]4[C@@]5(C)CC=C(C6=CC[C@](CF)(C(=O)OCc7ccccc7)CC6)C(C)(C)[C@@H]5CC[C@]43C)[C@@H]12. The lowest BCUT2D eigenvalue weighted by Crippen LogP contribution is -2.68. The number of hydrogen-bond donors (Lipinski definition) is 3. The van der Waals surface area contributed by atoms with Crippen molar-refractivity contribution >= 4 is 5.97 Å². The van der Waals surface area contributed by atoms with Gasteiger partial charge in [0.15, 0.2) is 0 Å². The highest BCUT2D eigenvalue weighted by molar-refractivity contribution is 5.78. The van der Waals surface area contributed by atoms with Gasteiger partial charge in [0.05, 0.1) is 11.0 Å². The van der Waals surface area contributed by atoms with Gasteiger partial charge >= 0.3 is 5.97 Å². The van der Waals surface area contributed by atoms with E-state index in [1.807, 2.05) is 30.3 Å². The number of fused-ring (bicyclic) bond motifs is 7. The van der Waals surface area contributed by atoms with Crippen LogP contribution in [-0.2, 0) is 16.1 Å². The molecule has 10 atom stereocenters.